The summed E-state index contributed by atoms with van der Waals surface area (Å²) in [6.07, 6.45) is 0. The molecule has 0 aliphatic rings. The van der Waals surface area contributed by atoms with Crippen LogP contribution in [0.15, 0.2) is 54.6 Å². The molecule has 1 heterocycles. The zero-order valence-corrected chi connectivity index (χ0v) is 11.9. The first-order chi connectivity index (χ1) is 9.79. The number of nitrogens with one attached hydrogen (secondary N) is 1. The van der Waals surface area contributed by atoms with E-state index in [2.05, 4.69) is 60.8 Å². The largest absolute Gasteiger partial charge is 0.385 e. The molecule has 1 N–H and O–H groups in total. The first kappa shape index (κ1) is 12.7. The molecule has 0 saturated heterocycles. The molecule has 20 heavy (non-hydrogen) atoms. The van der Waals surface area contributed by atoms with Crippen LogP contribution in [0, 0.1) is 6.92 Å². The number of nitrogens with zero attached hydrogens (tertiary/aromatic N) is 1. The highest BCUT2D eigenvalue weighted by molar-refractivity contribution is 6.00. The van der Waals surface area contributed by atoms with Gasteiger partial charge in [-0.2, -0.15) is 0 Å². The maximum Gasteiger partial charge on any atom is 0.0804 e. The van der Waals surface area contributed by atoms with E-state index < -0.39 is 0 Å². The lowest BCUT2D eigenvalue weighted by atomic mass is 10.0. The molecule has 0 aliphatic heterocycles. The lowest BCUT2D eigenvalue weighted by Gasteiger charge is -2.12. The van der Waals surface area contributed by atoms with Gasteiger partial charge < -0.3 is 5.32 Å². The highest BCUT2D eigenvalue weighted by Gasteiger charge is 2.08. The molecule has 0 bridgehead atoms. The van der Waals surface area contributed by atoms with Crippen LogP contribution in [0.3, 0.4) is 0 Å². The van der Waals surface area contributed by atoms with Crippen molar-refractivity contribution in [1.29, 1.82) is 0 Å². The Labute approximate surface area is 119 Å². The average Bonchev–Trinajstić information content (AvgIpc) is 2.48. The molecule has 0 spiro atoms. The van der Waals surface area contributed by atoms with Crippen LogP contribution in [-0.2, 0) is 0 Å². The normalized spacial score (nSPS) is 10.7. The summed E-state index contributed by atoms with van der Waals surface area (Å²) >= 11 is 0. The van der Waals surface area contributed by atoms with Gasteiger partial charge in [-0.15, -0.1) is 0 Å². The second kappa shape index (κ2) is 5.33. The molecule has 2 heteroatoms. The van der Waals surface area contributed by atoms with Gasteiger partial charge in [0.2, 0.25) is 0 Å². The highest BCUT2D eigenvalue weighted by Crippen LogP contribution is 2.31. The summed E-state index contributed by atoms with van der Waals surface area (Å²) in [6, 6.07) is 18.9. The number of anilines is 1. The number of hydrogen-bond acceptors (Lipinski definition) is 2. The second-order valence-electron chi connectivity index (χ2n) is 4.91. The van der Waals surface area contributed by atoms with Gasteiger partial charge in [-0.05, 0) is 25.5 Å². The first-order valence-electron chi connectivity index (χ1n) is 6.99. The maximum absolute atomic E-state index is 4.75. The van der Waals surface area contributed by atoms with Gasteiger partial charge in [0.15, 0.2) is 0 Å². The summed E-state index contributed by atoms with van der Waals surface area (Å²) in [5.74, 6) is 0. The van der Waals surface area contributed by atoms with E-state index in [9.17, 15) is 0 Å². The van der Waals surface area contributed by atoms with Crippen LogP contribution in [0.2, 0.25) is 0 Å². The molecule has 0 saturated carbocycles. The Bertz CT molecular complexity index is 733. The average molecular weight is 262 g/mol. The molecule has 1 aromatic heterocycles. The number of fused-ring (bicyclic) bond motifs is 1. The third kappa shape index (κ3) is 2.25. The van der Waals surface area contributed by atoms with Crippen molar-refractivity contribution in [3.05, 3.63) is 60.3 Å². The monoisotopic (exact) mass is 262 g/mol. The Balaban J connectivity index is 2.29. The summed E-state index contributed by atoms with van der Waals surface area (Å²) in [6.45, 7) is 5.07. The van der Waals surface area contributed by atoms with Gasteiger partial charge in [-0.1, -0.05) is 48.5 Å². The molecule has 2 aromatic carbocycles. The summed E-state index contributed by atoms with van der Waals surface area (Å²) in [7, 11) is 0. The summed E-state index contributed by atoms with van der Waals surface area (Å²) in [5, 5.41) is 4.61. The van der Waals surface area contributed by atoms with Gasteiger partial charge in [0.1, 0.15) is 0 Å². The molecule has 0 aliphatic carbocycles. The molecular weight excluding hydrogens is 244 g/mol. The third-order valence-corrected chi connectivity index (χ3v) is 3.42. The number of aryl methyl sites for hydroxylation is 1. The zero-order chi connectivity index (χ0) is 13.9. The van der Waals surface area contributed by atoms with Crippen LogP contribution in [0.5, 0.6) is 0 Å². The lowest BCUT2D eigenvalue weighted by Crippen LogP contribution is -1.99. The maximum atomic E-state index is 4.75. The van der Waals surface area contributed by atoms with Crippen molar-refractivity contribution in [2.24, 2.45) is 0 Å². The molecular formula is C18H18N2. The van der Waals surface area contributed by atoms with Gasteiger partial charge in [0.05, 0.1) is 5.52 Å². The lowest BCUT2D eigenvalue weighted by molar-refractivity contribution is 1.19. The van der Waals surface area contributed by atoms with Crippen molar-refractivity contribution in [2.75, 3.05) is 11.9 Å². The van der Waals surface area contributed by atoms with E-state index in [1.165, 1.54) is 16.5 Å². The van der Waals surface area contributed by atoms with Crippen molar-refractivity contribution in [2.45, 2.75) is 13.8 Å². The van der Waals surface area contributed by atoms with Crippen LogP contribution < -0.4 is 5.32 Å². The molecule has 2 nitrogen and oxygen atoms in total. The number of aromatic nitrogens is 1. The van der Waals surface area contributed by atoms with Crippen molar-refractivity contribution in [3.8, 4) is 11.1 Å². The van der Waals surface area contributed by atoms with E-state index >= 15 is 0 Å². The van der Waals surface area contributed by atoms with E-state index in [1.54, 1.807) is 0 Å². The van der Waals surface area contributed by atoms with E-state index in [0.717, 1.165) is 23.4 Å². The van der Waals surface area contributed by atoms with Gasteiger partial charge in [-0.3, -0.25) is 4.98 Å². The van der Waals surface area contributed by atoms with Gasteiger partial charge in [-0.25, -0.2) is 0 Å². The predicted octanol–water partition coefficient (Wildman–Crippen LogP) is 4.64. The summed E-state index contributed by atoms with van der Waals surface area (Å²) in [4.78, 5) is 4.75. The van der Waals surface area contributed by atoms with Gasteiger partial charge >= 0.3 is 0 Å². The van der Waals surface area contributed by atoms with Crippen molar-refractivity contribution in [3.63, 3.8) is 0 Å². The quantitative estimate of drug-likeness (QED) is 0.743. The first-order valence-corrected chi connectivity index (χ1v) is 6.99. The van der Waals surface area contributed by atoms with E-state index in [4.69, 9.17) is 4.98 Å². The number of hydrogen-bond donors (Lipinski definition) is 1. The fourth-order valence-electron chi connectivity index (χ4n) is 2.56. The topological polar surface area (TPSA) is 24.9 Å². The minimum absolute atomic E-state index is 0.911. The number of benzene rings is 2. The van der Waals surface area contributed by atoms with Crippen molar-refractivity contribution >= 4 is 16.6 Å². The molecule has 0 amide bonds. The van der Waals surface area contributed by atoms with E-state index in [1.807, 2.05) is 13.0 Å². The number of rotatable bonds is 3. The predicted molar refractivity (Wildman–Crippen MR) is 86.1 cm³/mol. The third-order valence-electron chi connectivity index (χ3n) is 3.42. The minimum atomic E-state index is 0.911. The molecule has 3 rings (SSSR count). The van der Waals surface area contributed by atoms with Crippen molar-refractivity contribution < 1.29 is 0 Å². The Morgan fingerprint density at radius 1 is 1.00 bits per heavy atom. The fraction of sp³-hybridized carbons (Fsp3) is 0.167. The Morgan fingerprint density at radius 3 is 2.55 bits per heavy atom. The second-order valence-corrected chi connectivity index (χ2v) is 4.91. The number of para-hydroxylation sites is 1. The number of pyridine rings is 1. The van der Waals surface area contributed by atoms with Gasteiger partial charge in [0.25, 0.3) is 0 Å². The Kier molecular flexibility index (Phi) is 3.38. The van der Waals surface area contributed by atoms with Crippen LogP contribution in [0.1, 0.15) is 12.6 Å². The van der Waals surface area contributed by atoms with Crippen LogP contribution in [0.25, 0.3) is 22.0 Å². The van der Waals surface area contributed by atoms with Crippen LogP contribution in [0.4, 0.5) is 5.69 Å². The highest BCUT2D eigenvalue weighted by atomic mass is 14.9. The van der Waals surface area contributed by atoms with E-state index in [0.29, 0.717) is 0 Å². The van der Waals surface area contributed by atoms with Gasteiger partial charge in [0, 0.05) is 28.9 Å². The minimum Gasteiger partial charge on any atom is -0.385 e. The van der Waals surface area contributed by atoms with Crippen molar-refractivity contribution in [1.82, 2.24) is 4.98 Å². The van der Waals surface area contributed by atoms with Crippen LogP contribution >= 0.6 is 0 Å². The molecule has 0 unspecified atom stereocenters. The molecule has 0 radical (unpaired) electrons. The zero-order valence-electron chi connectivity index (χ0n) is 11.9. The Morgan fingerprint density at radius 2 is 1.80 bits per heavy atom. The molecule has 3 aromatic rings. The smallest absolute Gasteiger partial charge is 0.0804 e. The fourth-order valence-corrected chi connectivity index (χ4v) is 2.56. The summed E-state index contributed by atoms with van der Waals surface area (Å²) < 4.78 is 0. The standard InChI is InChI=1S/C18H18N2/c1-3-19-17-12-13(2)20-18-15(10-7-11-16(17)18)14-8-5-4-6-9-14/h4-12H,3H2,1-2H3,(H,19,20). The molecule has 100 valence electrons. The molecule has 0 atom stereocenters. The molecule has 0 fully saturated rings. The van der Waals surface area contributed by atoms with E-state index in [-0.39, 0.29) is 0 Å². The SMILES string of the molecule is CCNc1cc(C)nc2c(-c3ccccc3)cccc12. The summed E-state index contributed by atoms with van der Waals surface area (Å²) in [5.41, 5.74) is 5.66. The Hall–Kier alpha value is -2.35. The van der Waals surface area contributed by atoms with Crippen LogP contribution in [-0.4, -0.2) is 11.5 Å².